The Bertz CT molecular complexity index is 692. The third-order valence-electron chi connectivity index (χ3n) is 5.02. The van der Waals surface area contributed by atoms with Crippen LogP contribution in [0.1, 0.15) is 26.7 Å². The van der Waals surface area contributed by atoms with E-state index in [1.165, 1.54) is 17.9 Å². The van der Waals surface area contributed by atoms with Gasteiger partial charge >= 0.3 is 6.09 Å². The number of rotatable bonds is 6. The molecule has 3 rings (SSSR count). The predicted octanol–water partition coefficient (Wildman–Crippen LogP) is 1.87. The van der Waals surface area contributed by atoms with Gasteiger partial charge in [0.25, 0.3) is 0 Å². The van der Waals surface area contributed by atoms with Crippen LogP contribution >= 0.6 is 0 Å². The molecule has 0 aromatic heterocycles. The van der Waals surface area contributed by atoms with Crippen LogP contribution in [0, 0.1) is 5.82 Å². The first-order chi connectivity index (χ1) is 13.0. The number of ether oxygens (including phenoxy) is 1. The fraction of sp³-hybridized carbons (Fsp3) is 0.579. The van der Waals surface area contributed by atoms with Gasteiger partial charge in [0, 0.05) is 26.1 Å². The van der Waals surface area contributed by atoms with Crippen LogP contribution in [0.3, 0.4) is 0 Å². The lowest BCUT2D eigenvalue weighted by atomic mass is 10.0. The van der Waals surface area contributed by atoms with Gasteiger partial charge in [-0.05, 0) is 37.6 Å². The molecule has 2 N–H and O–H groups in total. The lowest BCUT2D eigenvalue weighted by Crippen LogP contribution is -2.42. The summed E-state index contributed by atoms with van der Waals surface area (Å²) in [6.07, 6.45) is 1.01. The second-order valence-electron chi connectivity index (χ2n) is 7.01. The van der Waals surface area contributed by atoms with Gasteiger partial charge in [0.1, 0.15) is 11.9 Å². The van der Waals surface area contributed by atoms with Crippen LogP contribution in [0.4, 0.5) is 20.6 Å². The number of amides is 2. The van der Waals surface area contributed by atoms with Crippen molar-refractivity contribution >= 4 is 23.4 Å². The third-order valence-corrected chi connectivity index (χ3v) is 5.02. The molecule has 2 amide bonds. The highest BCUT2D eigenvalue weighted by molar-refractivity contribution is 5.90. The molecule has 7 nitrogen and oxygen atoms in total. The zero-order chi connectivity index (χ0) is 19.4. The van der Waals surface area contributed by atoms with E-state index in [1.54, 1.807) is 12.1 Å². The summed E-state index contributed by atoms with van der Waals surface area (Å²) >= 11 is 0. The fourth-order valence-electron chi connectivity index (χ4n) is 3.63. The van der Waals surface area contributed by atoms with E-state index in [0.29, 0.717) is 17.4 Å². The topological polar surface area (TPSA) is 73.9 Å². The standard InChI is InChI=1S/C19H27FN4O3/c1-3-21-14-6-8-23(9-7-14)18-5-4-15(10-17(18)20)24-12-16(27-19(24)26)11-22-13(2)25/h4-5,10,14,16,21H,3,6-9,11-12H2,1-2H3,(H,22,25)/t16-/m0/s1. The minimum Gasteiger partial charge on any atom is -0.442 e. The molecule has 8 heteroatoms. The van der Waals surface area contributed by atoms with Crippen molar-refractivity contribution in [3.63, 3.8) is 0 Å². The number of cyclic esters (lactones) is 1. The quantitative estimate of drug-likeness (QED) is 0.791. The molecule has 2 aliphatic heterocycles. The number of hydrogen-bond acceptors (Lipinski definition) is 5. The third kappa shape index (κ3) is 4.68. The number of anilines is 2. The average Bonchev–Trinajstić information content (AvgIpc) is 3.02. The first kappa shape index (κ1) is 19.4. The molecule has 1 aromatic rings. The van der Waals surface area contributed by atoms with E-state index in [2.05, 4.69) is 22.5 Å². The van der Waals surface area contributed by atoms with Gasteiger partial charge < -0.3 is 20.3 Å². The number of halogens is 1. The summed E-state index contributed by atoms with van der Waals surface area (Å²) in [4.78, 5) is 26.5. The predicted molar refractivity (Wildman–Crippen MR) is 102 cm³/mol. The first-order valence-corrected chi connectivity index (χ1v) is 9.48. The molecule has 2 saturated heterocycles. The molecule has 1 atom stereocenters. The van der Waals surface area contributed by atoms with E-state index >= 15 is 0 Å². The van der Waals surface area contributed by atoms with Gasteiger partial charge in [0.15, 0.2) is 0 Å². The number of benzene rings is 1. The molecule has 2 heterocycles. The van der Waals surface area contributed by atoms with Crippen molar-refractivity contribution < 1.29 is 18.7 Å². The monoisotopic (exact) mass is 378 g/mol. The highest BCUT2D eigenvalue weighted by Gasteiger charge is 2.33. The Hall–Kier alpha value is -2.35. The van der Waals surface area contributed by atoms with Gasteiger partial charge in [0.2, 0.25) is 5.91 Å². The smallest absolute Gasteiger partial charge is 0.414 e. The average molecular weight is 378 g/mol. The molecule has 27 heavy (non-hydrogen) atoms. The van der Waals surface area contributed by atoms with Crippen molar-refractivity contribution in [1.29, 1.82) is 0 Å². The molecular weight excluding hydrogens is 351 g/mol. The minimum absolute atomic E-state index is 0.183. The Morgan fingerprint density at radius 3 is 2.70 bits per heavy atom. The van der Waals surface area contributed by atoms with Crippen LogP contribution in [-0.4, -0.2) is 56.9 Å². The van der Waals surface area contributed by atoms with Crippen molar-refractivity contribution in [1.82, 2.24) is 10.6 Å². The summed E-state index contributed by atoms with van der Waals surface area (Å²) in [7, 11) is 0. The Kier molecular flexibility index (Phi) is 6.15. The van der Waals surface area contributed by atoms with Crippen LogP contribution in [0.15, 0.2) is 18.2 Å². The first-order valence-electron chi connectivity index (χ1n) is 9.48. The van der Waals surface area contributed by atoms with Crippen LogP contribution in [-0.2, 0) is 9.53 Å². The summed E-state index contributed by atoms with van der Waals surface area (Å²) in [5.74, 6) is -0.523. The van der Waals surface area contributed by atoms with Crippen LogP contribution in [0.5, 0.6) is 0 Å². The van der Waals surface area contributed by atoms with Gasteiger partial charge in [-0.1, -0.05) is 6.92 Å². The van der Waals surface area contributed by atoms with E-state index in [9.17, 15) is 14.0 Å². The molecule has 0 radical (unpaired) electrons. The van der Waals surface area contributed by atoms with Gasteiger partial charge in [-0.25, -0.2) is 9.18 Å². The van der Waals surface area contributed by atoms with Gasteiger partial charge in [-0.2, -0.15) is 0 Å². The molecule has 0 aliphatic carbocycles. The van der Waals surface area contributed by atoms with Gasteiger partial charge in [-0.3, -0.25) is 9.69 Å². The van der Waals surface area contributed by atoms with Crippen molar-refractivity contribution in [2.45, 2.75) is 38.8 Å². The van der Waals surface area contributed by atoms with E-state index in [0.717, 1.165) is 32.5 Å². The summed E-state index contributed by atoms with van der Waals surface area (Å²) < 4.78 is 20.0. The molecular formula is C19H27FN4O3. The maximum absolute atomic E-state index is 14.7. The molecule has 1 aromatic carbocycles. The summed E-state index contributed by atoms with van der Waals surface area (Å²) in [6, 6.07) is 5.35. The Labute approximate surface area is 158 Å². The maximum atomic E-state index is 14.7. The zero-order valence-electron chi connectivity index (χ0n) is 15.8. The number of piperidine rings is 1. The lowest BCUT2D eigenvalue weighted by molar-refractivity contribution is -0.119. The second kappa shape index (κ2) is 8.56. The van der Waals surface area contributed by atoms with Crippen LogP contribution < -0.4 is 20.4 Å². The number of nitrogens with one attached hydrogen (secondary N) is 2. The zero-order valence-corrected chi connectivity index (χ0v) is 15.8. The Morgan fingerprint density at radius 1 is 1.33 bits per heavy atom. The Balaban J connectivity index is 1.63. The molecule has 2 aliphatic rings. The van der Waals surface area contributed by atoms with E-state index in [-0.39, 0.29) is 24.8 Å². The SMILES string of the molecule is CCNC1CCN(c2ccc(N3C[C@H](CNC(C)=O)OC3=O)cc2F)CC1. The largest absolute Gasteiger partial charge is 0.442 e. The van der Waals surface area contributed by atoms with E-state index in [1.807, 2.05) is 0 Å². The normalized spacial score (nSPS) is 20.7. The van der Waals surface area contributed by atoms with Crippen molar-refractivity contribution in [3.8, 4) is 0 Å². The highest BCUT2D eigenvalue weighted by Crippen LogP contribution is 2.29. The molecule has 0 bridgehead atoms. The lowest BCUT2D eigenvalue weighted by Gasteiger charge is -2.34. The maximum Gasteiger partial charge on any atom is 0.414 e. The number of hydrogen-bond donors (Lipinski definition) is 2. The molecule has 2 fully saturated rings. The minimum atomic E-state index is -0.524. The number of carbonyl (C=O) groups is 2. The molecule has 0 spiro atoms. The number of carbonyl (C=O) groups excluding carboxylic acids is 2. The van der Waals surface area contributed by atoms with Gasteiger partial charge in [-0.15, -0.1) is 0 Å². The highest BCUT2D eigenvalue weighted by atomic mass is 19.1. The molecule has 0 saturated carbocycles. The Morgan fingerprint density at radius 2 is 2.07 bits per heavy atom. The number of nitrogens with zero attached hydrogens (tertiary/aromatic N) is 2. The molecule has 148 valence electrons. The summed E-state index contributed by atoms with van der Waals surface area (Å²) in [5, 5.41) is 6.07. The van der Waals surface area contributed by atoms with Gasteiger partial charge in [0.05, 0.1) is 24.5 Å². The summed E-state index contributed by atoms with van der Waals surface area (Å²) in [5.41, 5.74) is 1.03. The second-order valence-corrected chi connectivity index (χ2v) is 7.01. The van der Waals surface area contributed by atoms with Crippen LogP contribution in [0.25, 0.3) is 0 Å². The fourth-order valence-corrected chi connectivity index (χ4v) is 3.63. The summed E-state index contributed by atoms with van der Waals surface area (Å²) in [6.45, 7) is 6.59. The van der Waals surface area contributed by atoms with Crippen molar-refractivity contribution in [2.75, 3.05) is 42.5 Å². The van der Waals surface area contributed by atoms with Crippen molar-refractivity contribution in [3.05, 3.63) is 24.0 Å². The van der Waals surface area contributed by atoms with Crippen molar-refractivity contribution in [2.24, 2.45) is 0 Å². The van der Waals surface area contributed by atoms with E-state index < -0.39 is 12.2 Å². The van der Waals surface area contributed by atoms with E-state index in [4.69, 9.17) is 4.74 Å². The van der Waals surface area contributed by atoms with Crippen LogP contribution in [0.2, 0.25) is 0 Å². The molecule has 0 unspecified atom stereocenters.